The van der Waals surface area contributed by atoms with Gasteiger partial charge in [-0.25, -0.2) is 23.4 Å². The lowest BCUT2D eigenvalue weighted by Gasteiger charge is -2.30. The number of carbonyl (C=O) groups is 6. The van der Waals surface area contributed by atoms with Gasteiger partial charge in [0.1, 0.15) is 53.0 Å². The summed E-state index contributed by atoms with van der Waals surface area (Å²) in [4.78, 5) is 86.0. The summed E-state index contributed by atoms with van der Waals surface area (Å²) in [6.45, 7) is 1.70. The fourth-order valence-corrected chi connectivity index (χ4v) is 12.5. The van der Waals surface area contributed by atoms with Gasteiger partial charge in [0.05, 0.1) is 34.0 Å². The summed E-state index contributed by atoms with van der Waals surface area (Å²) in [5.74, 6) is -8.01. The Morgan fingerprint density at radius 3 is 1.65 bits per heavy atom. The van der Waals surface area contributed by atoms with E-state index >= 15 is 0 Å². The third-order valence-electron chi connectivity index (χ3n) is 16.2. The van der Waals surface area contributed by atoms with Crippen molar-refractivity contribution in [1.29, 1.82) is 0 Å². The largest absolute Gasteiger partial charge is 0.479 e. The van der Waals surface area contributed by atoms with Crippen LogP contribution in [-0.2, 0) is 41.1 Å². The Labute approximate surface area is 480 Å². The first-order valence-electron chi connectivity index (χ1n) is 27.8. The van der Waals surface area contributed by atoms with Gasteiger partial charge >= 0.3 is 24.3 Å². The van der Waals surface area contributed by atoms with Crippen LogP contribution in [0.2, 0.25) is 0 Å². The van der Waals surface area contributed by atoms with E-state index in [4.69, 9.17) is 4.74 Å². The van der Waals surface area contributed by atoms with Crippen LogP contribution in [0.25, 0.3) is 10.2 Å². The summed E-state index contributed by atoms with van der Waals surface area (Å²) in [6, 6.07) is 5.22. The van der Waals surface area contributed by atoms with Crippen molar-refractivity contribution in [2.75, 3.05) is 23.7 Å². The van der Waals surface area contributed by atoms with E-state index in [9.17, 15) is 79.2 Å². The molecule has 3 aromatic carbocycles. The predicted octanol–water partition coefficient (Wildman–Crippen LogP) is 9.14. The lowest BCUT2D eigenvalue weighted by molar-refractivity contribution is -0.146. The number of carboxylic acid groups (broad SMARTS) is 2. The van der Waals surface area contributed by atoms with Gasteiger partial charge < -0.3 is 51.1 Å². The maximum Gasteiger partial charge on any atom is 0.416 e. The van der Waals surface area contributed by atoms with E-state index in [0.29, 0.717) is 61.9 Å². The molecule has 84 heavy (non-hydrogen) atoms. The lowest BCUT2D eigenvalue weighted by atomic mass is 10.0. The molecule has 2 saturated heterocycles. The molecular weight excluding hydrogens is 1140 g/mol. The van der Waals surface area contributed by atoms with Crippen molar-refractivity contribution < 1.29 is 83.9 Å². The van der Waals surface area contributed by atoms with Crippen molar-refractivity contribution in [2.24, 2.45) is 11.8 Å². The Hall–Kier alpha value is -7.35. The van der Waals surface area contributed by atoms with Crippen LogP contribution in [0.5, 0.6) is 5.19 Å². The Balaban J connectivity index is 0.000000208. The Kier molecular flexibility index (Phi) is 18.0. The number of aliphatic carboxylic acids is 2. The fourth-order valence-electron chi connectivity index (χ4n) is 11.5. The SMILES string of the molecule is Cc1ccc2nc(O[C@@H]3C[C@H]4C(=O)N[C@]5(C(=O)O)C[C@H]5/C=C\CCCCC[C@H](Nc5cc(F)cc(C(F)(F)F)c5)C(=O)N4C3)sc2c1.O=C1N[C@]2(C(=O)O)C[C@H]2/C=C\CCCCC[C@H](Nc2cc(F)cc(C(F)(F)F)c2)C(=O)N2C[C@H](O)C[C@@H]12. The number of allylic oxidation sites excluding steroid dienone is 2. The van der Waals surface area contributed by atoms with Crippen molar-refractivity contribution in [1.82, 2.24) is 25.4 Å². The van der Waals surface area contributed by atoms with Crippen molar-refractivity contribution in [3.05, 3.63) is 107 Å². The molecule has 4 aromatic rings. The van der Waals surface area contributed by atoms with Crippen molar-refractivity contribution in [3.63, 3.8) is 0 Å². The van der Waals surface area contributed by atoms with Crippen LogP contribution in [0.15, 0.2) is 78.9 Å². The lowest BCUT2D eigenvalue weighted by Crippen LogP contribution is -2.55. The normalized spacial score (nSPS) is 29.5. The van der Waals surface area contributed by atoms with Crippen molar-refractivity contribution in [2.45, 2.75) is 157 Å². The quantitative estimate of drug-likeness (QED) is 0.0644. The topological polar surface area (TPSA) is 240 Å². The van der Waals surface area contributed by atoms with Crippen LogP contribution >= 0.6 is 11.3 Å². The van der Waals surface area contributed by atoms with Gasteiger partial charge in [0, 0.05) is 42.6 Å². The number of ether oxygens (including phenoxy) is 1. The number of amides is 4. The number of halogens is 8. The highest BCUT2D eigenvalue weighted by atomic mass is 32.1. The number of nitrogens with zero attached hydrogens (tertiary/aromatic N) is 3. The number of nitrogens with one attached hydrogen (secondary N) is 4. The second-order valence-corrected chi connectivity index (χ2v) is 23.5. The molecule has 4 aliphatic heterocycles. The second-order valence-electron chi connectivity index (χ2n) is 22.5. The zero-order valence-corrected chi connectivity index (χ0v) is 46.2. The smallest absolute Gasteiger partial charge is 0.416 e. The summed E-state index contributed by atoms with van der Waals surface area (Å²) >= 11 is 1.32. The van der Waals surface area contributed by atoms with E-state index in [1.54, 1.807) is 12.2 Å². The van der Waals surface area contributed by atoms with Gasteiger partial charge in [-0.05, 0) is 112 Å². The first-order valence-corrected chi connectivity index (χ1v) is 28.6. The molecule has 0 bridgehead atoms. The Bertz CT molecular complexity index is 3230. The standard InChI is InChI=1S/C33H34F4N4O5S.C25H29F4N3O5/c1-18-9-10-24-27(11-18)47-31(39-24)46-23-15-26-28(42)40-32(30(44)45)16-19(32)7-5-3-2-4-6-8-25(29(43)41(26)17-23)38-22-13-20(33(35,36)37)12-21(34)14-22;26-16-8-15(25(27,28)29)9-17(10-16)30-19-7-5-3-1-2-4-6-14-12-24(14,23(36)37)31-21(34)20-11-18(33)13-32(20)22(19)35/h5,7,9-14,19,23,25-26,38H,2-4,6,8,15-17H2,1H3,(H,40,42)(H,44,45);4,6,8-10,14,18-20,30,33H,1-3,5,7,11-13H2,(H,31,34)(H,36,37)/b7-5-;6-4-/t19-,23-,25+,26+,32-;14-,18-,19+,20+,24-/m11/s1. The summed E-state index contributed by atoms with van der Waals surface area (Å²) in [5.41, 5.74) is -4.08. The van der Waals surface area contributed by atoms with Crippen molar-refractivity contribution in [3.8, 4) is 5.19 Å². The average Bonchev–Trinajstić information content (AvgIpc) is 2.04. The number of carbonyl (C=O) groups excluding carboxylic acids is 4. The Morgan fingerprint density at radius 2 is 1.17 bits per heavy atom. The third-order valence-corrected chi connectivity index (χ3v) is 17.1. The zero-order valence-electron chi connectivity index (χ0n) is 45.4. The monoisotopic (exact) mass is 1200 g/mol. The highest BCUT2D eigenvalue weighted by Crippen LogP contribution is 2.47. The number of hydrogen-bond acceptors (Lipinski definition) is 12. The number of aryl methyl sites for hydroxylation is 1. The molecule has 6 aliphatic rings. The van der Waals surface area contributed by atoms with E-state index in [1.807, 2.05) is 37.3 Å². The summed E-state index contributed by atoms with van der Waals surface area (Å²) < 4.78 is 115. The molecule has 0 spiro atoms. The highest BCUT2D eigenvalue weighted by molar-refractivity contribution is 7.20. The molecule has 7 N–H and O–H groups in total. The molecule has 17 nitrogen and oxygen atoms in total. The first-order chi connectivity index (χ1) is 39.7. The predicted molar refractivity (Wildman–Crippen MR) is 290 cm³/mol. The van der Waals surface area contributed by atoms with E-state index in [2.05, 4.69) is 26.3 Å². The molecule has 4 amide bonds. The number of anilines is 2. The molecule has 452 valence electrons. The molecule has 10 rings (SSSR count). The maximum atomic E-state index is 14.3. The molecular formula is C58H63F8N7O10S. The average molecular weight is 1200 g/mol. The number of hydrogen-bond donors (Lipinski definition) is 7. The number of carboxylic acids is 2. The Morgan fingerprint density at radius 1 is 0.679 bits per heavy atom. The molecule has 0 radical (unpaired) electrons. The minimum atomic E-state index is -4.80. The zero-order chi connectivity index (χ0) is 60.5. The number of aliphatic hydroxyl groups is 1. The number of fused-ring (bicyclic) bond motifs is 5. The van der Waals surface area contributed by atoms with Gasteiger partial charge in [0.2, 0.25) is 23.6 Å². The van der Waals surface area contributed by atoms with Crippen LogP contribution in [0, 0.1) is 30.4 Å². The molecule has 10 atom stereocenters. The van der Waals surface area contributed by atoms with E-state index < -0.39 is 124 Å². The number of aromatic nitrogens is 1. The number of alkyl halides is 6. The van der Waals surface area contributed by atoms with Crippen LogP contribution in [0.3, 0.4) is 0 Å². The minimum Gasteiger partial charge on any atom is -0.479 e. The minimum absolute atomic E-state index is 0.0354. The highest BCUT2D eigenvalue weighted by Gasteiger charge is 2.63. The van der Waals surface area contributed by atoms with E-state index in [-0.39, 0.29) is 68.9 Å². The third kappa shape index (κ3) is 14.1. The first kappa shape index (κ1) is 61.2. The van der Waals surface area contributed by atoms with Gasteiger partial charge in [-0.3, -0.25) is 19.2 Å². The van der Waals surface area contributed by atoms with Gasteiger partial charge in [-0.1, -0.05) is 67.4 Å². The van der Waals surface area contributed by atoms with Crippen LogP contribution < -0.4 is 26.0 Å². The number of thiazole rings is 1. The van der Waals surface area contributed by atoms with Gasteiger partial charge in [0.15, 0.2) is 0 Å². The molecule has 0 unspecified atom stereocenters. The summed E-state index contributed by atoms with van der Waals surface area (Å²) in [7, 11) is 0. The fraction of sp³-hybridized carbons (Fsp3) is 0.500. The van der Waals surface area contributed by atoms with E-state index in [0.717, 1.165) is 51.7 Å². The molecule has 26 heteroatoms. The number of rotatable bonds is 8. The molecule has 2 aliphatic carbocycles. The van der Waals surface area contributed by atoms with Crippen LogP contribution in [-0.4, -0.2) is 126 Å². The van der Waals surface area contributed by atoms with Gasteiger partial charge in [-0.15, -0.1) is 0 Å². The van der Waals surface area contributed by atoms with Gasteiger partial charge in [-0.2, -0.15) is 26.3 Å². The number of benzene rings is 3. The van der Waals surface area contributed by atoms with Crippen molar-refractivity contribution >= 4 is 68.5 Å². The maximum absolute atomic E-state index is 14.3. The molecule has 2 saturated carbocycles. The summed E-state index contributed by atoms with van der Waals surface area (Å²) in [5, 5.41) is 41.2. The number of aliphatic hydroxyl groups excluding tert-OH is 1. The molecule has 5 heterocycles. The molecule has 4 fully saturated rings. The van der Waals surface area contributed by atoms with Gasteiger partial charge in [0.25, 0.3) is 5.19 Å². The summed E-state index contributed by atoms with van der Waals surface area (Å²) in [6.07, 6.45) is 1.95. The van der Waals surface area contributed by atoms with Crippen LogP contribution in [0.1, 0.15) is 107 Å². The van der Waals surface area contributed by atoms with Crippen LogP contribution in [0.4, 0.5) is 46.5 Å². The molecule has 1 aromatic heterocycles. The van der Waals surface area contributed by atoms with E-state index in [1.165, 1.54) is 16.2 Å². The second kappa shape index (κ2) is 24.7.